The number of aliphatic hydroxyl groups is 1. The van der Waals surface area contributed by atoms with E-state index >= 15 is 0 Å². The lowest BCUT2D eigenvalue weighted by Crippen LogP contribution is -2.33. The number of nitrogens with zero attached hydrogens (tertiary/aromatic N) is 3. The minimum atomic E-state index is -0.542. The molecular formula is C9H14N4O4. The summed E-state index contributed by atoms with van der Waals surface area (Å²) in [7, 11) is 0. The summed E-state index contributed by atoms with van der Waals surface area (Å²) in [4.78, 5) is 21.3. The Balaban J connectivity index is 2.52. The molecular weight excluding hydrogens is 228 g/mol. The Morgan fingerprint density at radius 1 is 1.76 bits per heavy atom. The molecule has 8 nitrogen and oxygen atoms in total. The van der Waals surface area contributed by atoms with Crippen LogP contribution in [0.4, 0.5) is 5.69 Å². The molecule has 1 atom stereocenters. The average Bonchev–Trinajstić information content (AvgIpc) is 2.74. The van der Waals surface area contributed by atoms with Crippen molar-refractivity contribution in [2.24, 2.45) is 5.92 Å². The predicted molar refractivity (Wildman–Crippen MR) is 58.1 cm³/mol. The van der Waals surface area contributed by atoms with Crippen molar-refractivity contribution in [1.82, 2.24) is 15.1 Å². The monoisotopic (exact) mass is 242 g/mol. The van der Waals surface area contributed by atoms with Crippen molar-refractivity contribution in [2.75, 3.05) is 13.2 Å². The Morgan fingerprint density at radius 2 is 2.47 bits per heavy atom. The zero-order valence-electron chi connectivity index (χ0n) is 9.37. The van der Waals surface area contributed by atoms with Crippen molar-refractivity contribution in [3.8, 4) is 0 Å². The second-order valence-corrected chi connectivity index (χ2v) is 3.59. The molecule has 1 aromatic heterocycles. The molecule has 0 aliphatic rings. The van der Waals surface area contributed by atoms with Crippen LogP contribution in [-0.4, -0.2) is 38.9 Å². The molecule has 0 bridgehead atoms. The second-order valence-electron chi connectivity index (χ2n) is 3.59. The molecule has 0 aromatic carbocycles. The third-order valence-corrected chi connectivity index (χ3v) is 2.15. The molecule has 94 valence electrons. The molecule has 1 amide bonds. The first-order chi connectivity index (χ1) is 8.04. The van der Waals surface area contributed by atoms with Gasteiger partial charge < -0.3 is 10.4 Å². The summed E-state index contributed by atoms with van der Waals surface area (Å²) in [6.07, 6.45) is 2.41. The summed E-state index contributed by atoms with van der Waals surface area (Å²) >= 11 is 0. The lowest BCUT2D eigenvalue weighted by atomic mass is 10.1. The van der Waals surface area contributed by atoms with E-state index in [4.69, 9.17) is 5.11 Å². The van der Waals surface area contributed by atoms with Crippen LogP contribution < -0.4 is 5.32 Å². The summed E-state index contributed by atoms with van der Waals surface area (Å²) < 4.78 is 1.35. The molecule has 1 aromatic rings. The molecule has 0 saturated heterocycles. The highest BCUT2D eigenvalue weighted by atomic mass is 16.6. The highest BCUT2D eigenvalue weighted by Gasteiger charge is 2.15. The van der Waals surface area contributed by atoms with Gasteiger partial charge in [0.05, 0.1) is 24.0 Å². The number of aromatic nitrogens is 2. The number of nitrogens with one attached hydrogen (secondary N) is 1. The highest BCUT2D eigenvalue weighted by molar-refractivity contribution is 5.78. The first kappa shape index (κ1) is 13.1. The van der Waals surface area contributed by atoms with Crippen molar-refractivity contribution in [2.45, 2.75) is 13.5 Å². The van der Waals surface area contributed by atoms with Crippen LogP contribution in [0, 0.1) is 16.0 Å². The maximum Gasteiger partial charge on any atom is 0.306 e. The largest absolute Gasteiger partial charge is 0.395 e. The van der Waals surface area contributed by atoms with Gasteiger partial charge in [-0.05, 0) is 0 Å². The fraction of sp³-hybridized carbons (Fsp3) is 0.556. The standard InChI is InChI=1S/C9H14N4O4/c1-7(9(15)10-2-3-14)5-12-6-8(4-11-12)13(16)17/h4,6-7,14H,2-3,5H2,1H3,(H,10,15). The van der Waals surface area contributed by atoms with E-state index in [2.05, 4.69) is 10.4 Å². The molecule has 0 fully saturated rings. The van der Waals surface area contributed by atoms with Gasteiger partial charge in [-0.25, -0.2) is 0 Å². The zero-order valence-corrected chi connectivity index (χ0v) is 9.37. The van der Waals surface area contributed by atoms with Gasteiger partial charge >= 0.3 is 5.69 Å². The maximum absolute atomic E-state index is 11.4. The van der Waals surface area contributed by atoms with Gasteiger partial charge in [-0.3, -0.25) is 19.6 Å². The van der Waals surface area contributed by atoms with Gasteiger partial charge in [0.15, 0.2) is 0 Å². The lowest BCUT2D eigenvalue weighted by Gasteiger charge is -2.10. The van der Waals surface area contributed by atoms with Crippen molar-refractivity contribution < 1.29 is 14.8 Å². The zero-order chi connectivity index (χ0) is 12.8. The molecule has 2 N–H and O–H groups in total. The Labute approximate surface area is 97.4 Å². The first-order valence-electron chi connectivity index (χ1n) is 5.10. The van der Waals surface area contributed by atoms with E-state index in [9.17, 15) is 14.9 Å². The number of hydrogen-bond donors (Lipinski definition) is 2. The van der Waals surface area contributed by atoms with Gasteiger partial charge in [0.2, 0.25) is 5.91 Å². The summed E-state index contributed by atoms with van der Waals surface area (Å²) in [5.74, 6) is -0.599. The molecule has 1 unspecified atom stereocenters. The number of carbonyl (C=O) groups is 1. The molecule has 0 spiro atoms. The van der Waals surface area contributed by atoms with Crippen molar-refractivity contribution in [1.29, 1.82) is 0 Å². The van der Waals surface area contributed by atoms with Crippen LogP contribution in [0.5, 0.6) is 0 Å². The molecule has 8 heteroatoms. The van der Waals surface area contributed by atoms with E-state index in [1.807, 2.05) is 0 Å². The van der Waals surface area contributed by atoms with Gasteiger partial charge in [0.25, 0.3) is 0 Å². The Bertz CT molecular complexity index is 403. The lowest BCUT2D eigenvalue weighted by molar-refractivity contribution is -0.385. The van der Waals surface area contributed by atoms with Crippen LogP contribution >= 0.6 is 0 Å². The van der Waals surface area contributed by atoms with Crippen LogP contribution in [0.25, 0.3) is 0 Å². The van der Waals surface area contributed by atoms with E-state index in [-0.39, 0.29) is 37.2 Å². The molecule has 0 aliphatic carbocycles. The van der Waals surface area contributed by atoms with Gasteiger partial charge in [0, 0.05) is 6.54 Å². The summed E-state index contributed by atoms with van der Waals surface area (Å²) in [6, 6.07) is 0. The Kier molecular flexibility index (Phi) is 4.58. The van der Waals surface area contributed by atoms with Crippen LogP contribution in [0.1, 0.15) is 6.92 Å². The summed E-state index contributed by atoms with van der Waals surface area (Å²) in [5.41, 5.74) is -0.104. The summed E-state index contributed by atoms with van der Waals surface area (Å²) in [6.45, 7) is 2.01. The van der Waals surface area contributed by atoms with E-state index in [1.54, 1.807) is 6.92 Å². The third kappa shape index (κ3) is 3.83. The normalized spacial score (nSPS) is 12.1. The number of amides is 1. The SMILES string of the molecule is CC(Cn1cc([N+](=O)[O-])cn1)C(=O)NCCO. The van der Waals surface area contributed by atoms with E-state index in [0.29, 0.717) is 0 Å². The van der Waals surface area contributed by atoms with Crippen molar-refractivity contribution >= 4 is 11.6 Å². The van der Waals surface area contributed by atoms with Crippen LogP contribution in [0.15, 0.2) is 12.4 Å². The predicted octanol–water partition coefficient (Wildman–Crippen LogP) is -0.464. The van der Waals surface area contributed by atoms with Crippen LogP contribution in [0.3, 0.4) is 0 Å². The minimum absolute atomic E-state index is 0.104. The maximum atomic E-state index is 11.4. The number of rotatable bonds is 6. The highest BCUT2D eigenvalue weighted by Crippen LogP contribution is 2.09. The number of carbonyl (C=O) groups excluding carboxylic acids is 1. The number of aliphatic hydroxyl groups excluding tert-OH is 1. The second kappa shape index (κ2) is 5.94. The smallest absolute Gasteiger partial charge is 0.306 e. The number of hydrogen-bond acceptors (Lipinski definition) is 5. The fourth-order valence-corrected chi connectivity index (χ4v) is 1.26. The number of nitro groups is 1. The van der Waals surface area contributed by atoms with E-state index < -0.39 is 4.92 Å². The van der Waals surface area contributed by atoms with Gasteiger partial charge in [-0.2, -0.15) is 5.10 Å². The quantitative estimate of drug-likeness (QED) is 0.518. The van der Waals surface area contributed by atoms with E-state index in [1.165, 1.54) is 10.9 Å². The molecule has 17 heavy (non-hydrogen) atoms. The van der Waals surface area contributed by atoms with Crippen LogP contribution in [-0.2, 0) is 11.3 Å². The van der Waals surface area contributed by atoms with E-state index in [0.717, 1.165) is 6.20 Å². The minimum Gasteiger partial charge on any atom is -0.395 e. The van der Waals surface area contributed by atoms with Gasteiger partial charge in [-0.1, -0.05) is 6.92 Å². The Morgan fingerprint density at radius 3 is 3.00 bits per heavy atom. The summed E-state index contributed by atoms with van der Waals surface area (Å²) in [5, 5.41) is 25.3. The average molecular weight is 242 g/mol. The first-order valence-corrected chi connectivity index (χ1v) is 5.10. The van der Waals surface area contributed by atoms with Gasteiger partial charge in [0.1, 0.15) is 12.4 Å². The molecule has 1 rings (SSSR count). The van der Waals surface area contributed by atoms with Crippen LogP contribution in [0.2, 0.25) is 0 Å². The fourth-order valence-electron chi connectivity index (χ4n) is 1.26. The third-order valence-electron chi connectivity index (χ3n) is 2.15. The van der Waals surface area contributed by atoms with Gasteiger partial charge in [-0.15, -0.1) is 0 Å². The molecule has 0 saturated carbocycles. The Hall–Kier alpha value is -1.96. The topological polar surface area (TPSA) is 110 Å². The van der Waals surface area contributed by atoms with Crippen molar-refractivity contribution in [3.05, 3.63) is 22.5 Å². The molecule has 1 heterocycles. The molecule has 0 radical (unpaired) electrons. The van der Waals surface area contributed by atoms with Crippen molar-refractivity contribution in [3.63, 3.8) is 0 Å². The molecule has 0 aliphatic heterocycles.